The van der Waals surface area contributed by atoms with Crippen molar-refractivity contribution in [1.29, 1.82) is 0 Å². The molecule has 0 bridgehead atoms. The van der Waals surface area contributed by atoms with Gasteiger partial charge in [-0.05, 0) is 67.6 Å². The number of benzene rings is 2. The van der Waals surface area contributed by atoms with Crippen molar-refractivity contribution >= 4 is 6.08 Å². The molecule has 1 heteroatoms. The highest BCUT2D eigenvalue weighted by molar-refractivity contribution is 5.68. The summed E-state index contributed by atoms with van der Waals surface area (Å²) in [5, 5.41) is 0. The number of hydrogen-bond acceptors (Lipinski definition) is 1. The maximum absolute atomic E-state index is 6.31. The molecule has 2 aromatic rings. The van der Waals surface area contributed by atoms with E-state index in [-0.39, 0.29) is 11.2 Å². The molecule has 1 aliphatic heterocycles. The van der Waals surface area contributed by atoms with Gasteiger partial charge in [0.25, 0.3) is 0 Å². The highest BCUT2D eigenvalue weighted by Gasteiger charge is 2.38. The van der Waals surface area contributed by atoms with Crippen molar-refractivity contribution in [2.45, 2.75) is 45.3 Å². The summed E-state index contributed by atoms with van der Waals surface area (Å²) in [5.41, 5.74) is 5.92. The van der Waals surface area contributed by atoms with Gasteiger partial charge in [0.05, 0.1) is 11.2 Å². The summed E-state index contributed by atoms with van der Waals surface area (Å²) in [6, 6.07) is 15.2. The smallest absolute Gasteiger partial charge is 0.0885 e. The van der Waals surface area contributed by atoms with E-state index in [2.05, 4.69) is 76.7 Å². The number of ether oxygens (including phenoxy) is 1. The minimum absolute atomic E-state index is 0.110. The second-order valence-corrected chi connectivity index (χ2v) is 7.25. The second-order valence-electron chi connectivity index (χ2n) is 7.25. The summed E-state index contributed by atoms with van der Waals surface area (Å²) in [6.07, 6.45) is 2.84. The molecule has 0 aromatic heterocycles. The lowest BCUT2D eigenvalue weighted by Gasteiger charge is -2.43. The third-order valence-electron chi connectivity index (χ3n) is 4.36. The first-order valence-corrected chi connectivity index (χ1v) is 7.87. The molecule has 0 unspecified atom stereocenters. The molecule has 1 heterocycles. The Morgan fingerprint density at radius 2 is 1.73 bits per heavy atom. The highest BCUT2D eigenvalue weighted by atomic mass is 16.5. The SMILES string of the molecule is C=Cc1cccc(-c2ccc3c(c2)C(C)(C)OC(C)(C)C3)c1. The standard InChI is InChI=1S/C21H24O/c1-6-15-8-7-9-16(12-15)17-10-11-18-14-20(2,3)22-21(4,5)19(18)13-17/h6-13H,1,14H2,2-5H3. The Morgan fingerprint density at radius 3 is 2.45 bits per heavy atom. The van der Waals surface area contributed by atoms with Crippen LogP contribution in [0.25, 0.3) is 17.2 Å². The Labute approximate surface area is 133 Å². The van der Waals surface area contributed by atoms with Crippen molar-refractivity contribution in [1.82, 2.24) is 0 Å². The van der Waals surface area contributed by atoms with Gasteiger partial charge in [0.15, 0.2) is 0 Å². The molecule has 114 valence electrons. The van der Waals surface area contributed by atoms with Gasteiger partial charge in [-0.2, -0.15) is 0 Å². The Balaban J connectivity index is 2.09. The van der Waals surface area contributed by atoms with E-state index < -0.39 is 0 Å². The normalized spacial score (nSPS) is 18.5. The molecule has 0 atom stereocenters. The van der Waals surface area contributed by atoms with Crippen LogP contribution in [-0.4, -0.2) is 5.60 Å². The van der Waals surface area contributed by atoms with E-state index in [4.69, 9.17) is 4.74 Å². The van der Waals surface area contributed by atoms with E-state index in [0.29, 0.717) is 0 Å². The highest BCUT2D eigenvalue weighted by Crippen LogP contribution is 2.41. The van der Waals surface area contributed by atoms with E-state index >= 15 is 0 Å². The molecule has 0 N–H and O–H groups in total. The van der Waals surface area contributed by atoms with Gasteiger partial charge in [-0.15, -0.1) is 0 Å². The molecular formula is C21H24O. The Morgan fingerprint density at radius 1 is 1.00 bits per heavy atom. The summed E-state index contributed by atoms with van der Waals surface area (Å²) in [6.45, 7) is 12.5. The van der Waals surface area contributed by atoms with Gasteiger partial charge in [-0.1, -0.05) is 43.0 Å². The molecule has 2 aromatic carbocycles. The number of fused-ring (bicyclic) bond motifs is 1. The molecule has 0 spiro atoms. The van der Waals surface area contributed by atoms with E-state index in [0.717, 1.165) is 12.0 Å². The quantitative estimate of drug-likeness (QED) is 0.701. The molecule has 0 aliphatic carbocycles. The minimum Gasteiger partial charge on any atom is -0.365 e. The summed E-state index contributed by atoms with van der Waals surface area (Å²) >= 11 is 0. The van der Waals surface area contributed by atoms with Gasteiger partial charge in [0, 0.05) is 6.42 Å². The van der Waals surface area contributed by atoms with Crippen molar-refractivity contribution in [2.75, 3.05) is 0 Å². The van der Waals surface area contributed by atoms with Crippen LogP contribution in [0, 0.1) is 0 Å². The van der Waals surface area contributed by atoms with Crippen molar-refractivity contribution in [3.05, 3.63) is 65.7 Å². The van der Waals surface area contributed by atoms with E-state index in [1.165, 1.54) is 22.3 Å². The molecule has 1 aliphatic rings. The monoisotopic (exact) mass is 292 g/mol. The summed E-state index contributed by atoms with van der Waals surface area (Å²) in [4.78, 5) is 0. The number of hydrogen-bond donors (Lipinski definition) is 0. The van der Waals surface area contributed by atoms with Crippen molar-refractivity contribution in [2.24, 2.45) is 0 Å². The fourth-order valence-electron chi connectivity index (χ4n) is 3.56. The van der Waals surface area contributed by atoms with E-state index in [1.54, 1.807) is 0 Å². The van der Waals surface area contributed by atoms with Gasteiger partial charge in [0.2, 0.25) is 0 Å². The average Bonchev–Trinajstić information content (AvgIpc) is 2.45. The average molecular weight is 292 g/mol. The Bertz CT molecular complexity index is 722. The third kappa shape index (κ3) is 2.74. The zero-order chi connectivity index (χ0) is 16.0. The zero-order valence-corrected chi connectivity index (χ0v) is 13.9. The van der Waals surface area contributed by atoms with Crippen LogP contribution in [0.5, 0.6) is 0 Å². The van der Waals surface area contributed by atoms with Gasteiger partial charge in [-0.3, -0.25) is 0 Å². The second kappa shape index (κ2) is 5.10. The van der Waals surface area contributed by atoms with Crippen molar-refractivity contribution in [3.8, 4) is 11.1 Å². The van der Waals surface area contributed by atoms with Crippen LogP contribution in [0.2, 0.25) is 0 Å². The Hall–Kier alpha value is -1.86. The van der Waals surface area contributed by atoms with Crippen molar-refractivity contribution < 1.29 is 4.74 Å². The fraction of sp³-hybridized carbons (Fsp3) is 0.333. The largest absolute Gasteiger partial charge is 0.365 e. The summed E-state index contributed by atoms with van der Waals surface area (Å²) in [5.74, 6) is 0. The minimum atomic E-state index is -0.261. The van der Waals surface area contributed by atoms with Crippen LogP contribution < -0.4 is 0 Å². The van der Waals surface area contributed by atoms with Gasteiger partial charge in [-0.25, -0.2) is 0 Å². The van der Waals surface area contributed by atoms with Crippen LogP contribution in [0.1, 0.15) is 44.4 Å². The molecule has 0 radical (unpaired) electrons. The third-order valence-corrected chi connectivity index (χ3v) is 4.36. The summed E-state index contributed by atoms with van der Waals surface area (Å²) < 4.78 is 6.31. The predicted octanol–water partition coefficient (Wildman–Crippen LogP) is 5.58. The van der Waals surface area contributed by atoms with E-state index in [1.807, 2.05) is 6.08 Å². The molecule has 0 amide bonds. The van der Waals surface area contributed by atoms with Crippen LogP contribution in [0.15, 0.2) is 49.0 Å². The summed E-state index contributed by atoms with van der Waals surface area (Å²) in [7, 11) is 0. The maximum atomic E-state index is 6.31. The van der Waals surface area contributed by atoms with Crippen LogP contribution in [0.3, 0.4) is 0 Å². The Kier molecular flexibility index (Phi) is 3.49. The van der Waals surface area contributed by atoms with Gasteiger partial charge < -0.3 is 4.74 Å². The lowest BCUT2D eigenvalue weighted by Crippen LogP contribution is -2.42. The lowest BCUT2D eigenvalue weighted by molar-refractivity contribution is -0.138. The molecule has 0 saturated heterocycles. The molecule has 0 saturated carbocycles. The maximum Gasteiger partial charge on any atom is 0.0885 e. The number of rotatable bonds is 2. The first-order chi connectivity index (χ1) is 10.3. The molecule has 22 heavy (non-hydrogen) atoms. The zero-order valence-electron chi connectivity index (χ0n) is 13.9. The molecule has 0 fully saturated rings. The molecular weight excluding hydrogens is 268 g/mol. The van der Waals surface area contributed by atoms with Crippen LogP contribution >= 0.6 is 0 Å². The topological polar surface area (TPSA) is 9.23 Å². The first kappa shape index (κ1) is 15.1. The van der Waals surface area contributed by atoms with Gasteiger partial charge >= 0.3 is 0 Å². The van der Waals surface area contributed by atoms with Crippen molar-refractivity contribution in [3.63, 3.8) is 0 Å². The fourth-order valence-corrected chi connectivity index (χ4v) is 3.56. The van der Waals surface area contributed by atoms with Crippen LogP contribution in [0.4, 0.5) is 0 Å². The van der Waals surface area contributed by atoms with Crippen LogP contribution in [-0.2, 0) is 16.8 Å². The predicted molar refractivity (Wildman–Crippen MR) is 93.9 cm³/mol. The lowest BCUT2D eigenvalue weighted by atomic mass is 9.81. The molecule has 1 nitrogen and oxygen atoms in total. The molecule has 3 rings (SSSR count). The first-order valence-electron chi connectivity index (χ1n) is 7.87. The van der Waals surface area contributed by atoms with E-state index in [9.17, 15) is 0 Å². The van der Waals surface area contributed by atoms with Gasteiger partial charge in [0.1, 0.15) is 0 Å².